The van der Waals surface area contributed by atoms with Crippen molar-refractivity contribution in [2.24, 2.45) is 5.92 Å². The molecule has 250 valence electrons. The van der Waals surface area contributed by atoms with E-state index >= 15 is 13.2 Å². The Bertz CT molecular complexity index is 1390. The summed E-state index contributed by atoms with van der Waals surface area (Å²) in [5.74, 6) is -8.00. The van der Waals surface area contributed by atoms with E-state index in [-0.39, 0.29) is 30.3 Å². The Hall–Kier alpha value is -3.93. The molecular formula is C34H44F3N5O4. The first-order chi connectivity index (χ1) is 21.9. The molecule has 0 bridgehead atoms. The van der Waals surface area contributed by atoms with E-state index < -0.39 is 47.1 Å². The Labute approximate surface area is 268 Å². The molecule has 2 aliphatic rings. The summed E-state index contributed by atoms with van der Waals surface area (Å²) in [6.45, 7) is 5.86. The molecule has 9 nitrogen and oxygen atoms in total. The standard InChI is InChI=1S/C34H44F3N5O4/c1-4-29(43)38-28(32(45)42-18-16-41(3)17-19-42)21-23-12-15-27(26(35)20-23)39-31(44)30(24-8-6-5-7-9-24)40-33(46)34(36,37)25-13-10-22(2)11-14-25/h10-15,20,24,28,30H,4-9,16-19,21H2,1-3H3,(H,38,43)(H,39,44)(H,40,46). The van der Waals surface area contributed by atoms with Crippen LogP contribution in [-0.2, 0) is 31.5 Å². The highest BCUT2D eigenvalue weighted by molar-refractivity contribution is 5.98. The molecule has 1 aliphatic heterocycles. The number of carbonyl (C=O) groups excluding carboxylic acids is 4. The molecular weight excluding hydrogens is 599 g/mol. The quantitative estimate of drug-likeness (QED) is 0.341. The fourth-order valence-electron chi connectivity index (χ4n) is 5.97. The van der Waals surface area contributed by atoms with Crippen molar-refractivity contribution in [1.82, 2.24) is 20.4 Å². The van der Waals surface area contributed by atoms with Crippen LogP contribution in [-0.4, -0.2) is 78.7 Å². The number of nitrogens with zero attached hydrogens (tertiary/aromatic N) is 2. The van der Waals surface area contributed by atoms with Crippen LogP contribution < -0.4 is 16.0 Å². The number of halogens is 3. The minimum absolute atomic E-state index is 0.0386. The molecule has 2 aromatic carbocycles. The maximum absolute atomic E-state index is 15.4. The predicted octanol–water partition coefficient (Wildman–Crippen LogP) is 4.14. The second kappa shape index (κ2) is 15.6. The number of piperazine rings is 1. The molecule has 2 aromatic rings. The summed E-state index contributed by atoms with van der Waals surface area (Å²) in [6.07, 6.45) is 3.84. The van der Waals surface area contributed by atoms with Gasteiger partial charge in [0.05, 0.1) is 5.69 Å². The van der Waals surface area contributed by atoms with Gasteiger partial charge in [-0.3, -0.25) is 19.2 Å². The Kier molecular flexibility index (Phi) is 11.8. The summed E-state index contributed by atoms with van der Waals surface area (Å²) in [5, 5.41) is 7.52. The minimum atomic E-state index is -3.88. The summed E-state index contributed by atoms with van der Waals surface area (Å²) >= 11 is 0. The largest absolute Gasteiger partial charge is 0.349 e. The normalized spacial score (nSPS) is 17.6. The van der Waals surface area contributed by atoms with Gasteiger partial charge in [-0.1, -0.05) is 62.1 Å². The lowest BCUT2D eigenvalue weighted by Gasteiger charge is -2.34. The second-order valence-electron chi connectivity index (χ2n) is 12.4. The third-order valence-electron chi connectivity index (χ3n) is 8.89. The fourth-order valence-corrected chi connectivity index (χ4v) is 5.97. The molecule has 0 spiro atoms. The lowest BCUT2D eigenvalue weighted by atomic mass is 9.83. The van der Waals surface area contributed by atoms with Crippen molar-refractivity contribution < 1.29 is 32.3 Å². The number of alkyl halides is 2. The highest BCUT2D eigenvalue weighted by Gasteiger charge is 2.44. The number of nitrogens with one attached hydrogen (secondary N) is 3. The van der Waals surface area contributed by atoms with Crippen LogP contribution in [0.5, 0.6) is 0 Å². The van der Waals surface area contributed by atoms with Crippen molar-refractivity contribution in [3.05, 3.63) is 65.0 Å². The Morgan fingerprint density at radius 3 is 2.20 bits per heavy atom. The van der Waals surface area contributed by atoms with Gasteiger partial charge in [0, 0.05) is 44.6 Å². The monoisotopic (exact) mass is 643 g/mol. The van der Waals surface area contributed by atoms with Gasteiger partial charge in [0.25, 0.3) is 5.91 Å². The summed E-state index contributed by atoms with van der Waals surface area (Å²) in [6, 6.07) is 7.19. The van der Waals surface area contributed by atoms with Crippen molar-refractivity contribution in [3.8, 4) is 0 Å². The molecule has 2 atom stereocenters. The van der Waals surface area contributed by atoms with Crippen molar-refractivity contribution in [1.29, 1.82) is 0 Å². The summed E-state index contributed by atoms with van der Waals surface area (Å²) in [5.41, 5.74) is 0.512. The van der Waals surface area contributed by atoms with Gasteiger partial charge in [0.15, 0.2) is 0 Å². The van der Waals surface area contributed by atoms with Crippen molar-refractivity contribution in [3.63, 3.8) is 0 Å². The van der Waals surface area contributed by atoms with Gasteiger partial charge >= 0.3 is 5.92 Å². The summed E-state index contributed by atoms with van der Waals surface area (Å²) < 4.78 is 45.7. The van der Waals surface area contributed by atoms with E-state index in [2.05, 4.69) is 20.9 Å². The van der Waals surface area contributed by atoms with Crippen LogP contribution in [0.3, 0.4) is 0 Å². The van der Waals surface area contributed by atoms with Crippen LogP contribution in [0.2, 0.25) is 0 Å². The lowest BCUT2D eigenvalue weighted by molar-refractivity contribution is -0.149. The van der Waals surface area contributed by atoms with Crippen molar-refractivity contribution >= 4 is 29.3 Å². The number of benzene rings is 2. The lowest BCUT2D eigenvalue weighted by Crippen LogP contribution is -2.54. The van der Waals surface area contributed by atoms with Gasteiger partial charge < -0.3 is 25.8 Å². The number of hydrogen-bond acceptors (Lipinski definition) is 5. The van der Waals surface area contributed by atoms with Crippen LogP contribution in [0.25, 0.3) is 0 Å². The van der Waals surface area contributed by atoms with Gasteiger partial charge in [0.2, 0.25) is 17.7 Å². The van der Waals surface area contributed by atoms with Crippen LogP contribution in [0, 0.1) is 18.7 Å². The van der Waals surface area contributed by atoms with Crippen molar-refractivity contribution in [2.75, 3.05) is 38.5 Å². The number of carbonyl (C=O) groups is 4. The number of hydrogen-bond donors (Lipinski definition) is 3. The minimum Gasteiger partial charge on any atom is -0.344 e. The number of amides is 4. The third-order valence-corrected chi connectivity index (χ3v) is 8.89. The highest BCUT2D eigenvalue weighted by Crippen LogP contribution is 2.32. The summed E-state index contributed by atoms with van der Waals surface area (Å²) in [4.78, 5) is 55.7. The second-order valence-corrected chi connectivity index (χ2v) is 12.4. The van der Waals surface area contributed by atoms with E-state index in [0.29, 0.717) is 44.6 Å². The third kappa shape index (κ3) is 8.86. The zero-order valence-corrected chi connectivity index (χ0v) is 26.7. The van der Waals surface area contributed by atoms with Gasteiger partial charge in [0.1, 0.15) is 17.9 Å². The number of rotatable bonds is 11. The molecule has 46 heavy (non-hydrogen) atoms. The van der Waals surface area contributed by atoms with Crippen LogP contribution in [0.15, 0.2) is 42.5 Å². The first-order valence-corrected chi connectivity index (χ1v) is 16.0. The molecule has 4 amide bonds. The van der Waals surface area contributed by atoms with Crippen LogP contribution in [0.4, 0.5) is 18.9 Å². The maximum atomic E-state index is 15.4. The molecule has 12 heteroatoms. The van der Waals surface area contributed by atoms with Gasteiger partial charge in [-0.15, -0.1) is 0 Å². The van der Waals surface area contributed by atoms with E-state index in [1.54, 1.807) is 24.8 Å². The molecule has 1 saturated carbocycles. The molecule has 2 unspecified atom stereocenters. The molecule has 1 heterocycles. The number of likely N-dealkylation sites (N-methyl/N-ethyl adjacent to an activating group) is 1. The zero-order chi connectivity index (χ0) is 33.4. The highest BCUT2D eigenvalue weighted by atomic mass is 19.3. The Balaban J connectivity index is 1.48. The van der Waals surface area contributed by atoms with Gasteiger partial charge in [-0.2, -0.15) is 8.78 Å². The number of anilines is 1. The average molecular weight is 644 g/mol. The van der Waals surface area contributed by atoms with Gasteiger partial charge in [-0.05, 0) is 50.4 Å². The molecule has 1 saturated heterocycles. The molecule has 0 radical (unpaired) electrons. The van der Waals surface area contributed by atoms with Crippen LogP contribution >= 0.6 is 0 Å². The van der Waals surface area contributed by atoms with E-state index in [1.807, 2.05) is 7.05 Å². The number of aryl methyl sites for hydroxylation is 1. The first-order valence-electron chi connectivity index (χ1n) is 16.0. The van der Waals surface area contributed by atoms with Gasteiger partial charge in [-0.25, -0.2) is 4.39 Å². The first kappa shape index (κ1) is 34.9. The molecule has 1 aliphatic carbocycles. The fraction of sp³-hybridized carbons (Fsp3) is 0.529. The predicted molar refractivity (Wildman–Crippen MR) is 169 cm³/mol. The smallest absolute Gasteiger partial charge is 0.344 e. The Morgan fingerprint density at radius 2 is 1.59 bits per heavy atom. The zero-order valence-electron chi connectivity index (χ0n) is 26.7. The van der Waals surface area contributed by atoms with E-state index in [4.69, 9.17) is 0 Å². The molecule has 3 N–H and O–H groups in total. The van der Waals surface area contributed by atoms with Crippen molar-refractivity contribution in [2.45, 2.75) is 76.8 Å². The average Bonchev–Trinajstić information content (AvgIpc) is 3.04. The van der Waals surface area contributed by atoms with E-state index in [0.717, 1.165) is 24.8 Å². The van der Waals surface area contributed by atoms with Crippen LogP contribution in [0.1, 0.15) is 62.1 Å². The molecule has 0 aromatic heterocycles. The molecule has 2 fully saturated rings. The molecule has 4 rings (SSSR count). The maximum Gasteiger partial charge on any atom is 0.349 e. The SMILES string of the molecule is CCC(=O)NC(Cc1ccc(NC(=O)C(NC(=O)C(F)(F)c2ccc(C)cc2)C2CCCCC2)c(F)c1)C(=O)N1CCN(C)CC1. The topological polar surface area (TPSA) is 111 Å². The van der Waals surface area contributed by atoms with E-state index in [9.17, 15) is 19.2 Å². The van der Waals surface area contributed by atoms with E-state index in [1.165, 1.54) is 36.4 Å². The Morgan fingerprint density at radius 1 is 0.935 bits per heavy atom. The summed E-state index contributed by atoms with van der Waals surface area (Å²) in [7, 11) is 1.97.